The molecule has 0 aliphatic rings. The first-order valence-electron chi connectivity index (χ1n) is 33.5. The Morgan fingerprint density at radius 3 is 0.976 bits per heavy atom. The summed E-state index contributed by atoms with van der Waals surface area (Å²) in [5.74, 6) is -1.47. The van der Waals surface area contributed by atoms with Crippen LogP contribution in [0, 0.1) is 5.92 Å². The van der Waals surface area contributed by atoms with Crippen LogP contribution >= 0.6 is 15.6 Å². The molecule has 0 aliphatic carbocycles. The zero-order valence-corrected chi connectivity index (χ0v) is 55.3. The number of esters is 4. The molecule has 0 bridgehead atoms. The smallest absolute Gasteiger partial charge is 0.462 e. The van der Waals surface area contributed by atoms with Crippen molar-refractivity contribution in [3.63, 3.8) is 0 Å². The highest BCUT2D eigenvalue weighted by Gasteiger charge is 2.30. The van der Waals surface area contributed by atoms with Gasteiger partial charge in [-0.1, -0.05) is 252 Å². The van der Waals surface area contributed by atoms with Crippen LogP contribution in [-0.4, -0.2) is 96.7 Å². The van der Waals surface area contributed by atoms with Crippen molar-refractivity contribution in [1.29, 1.82) is 0 Å². The minimum absolute atomic E-state index is 0.0850. The summed E-state index contributed by atoms with van der Waals surface area (Å²) < 4.78 is 67.9. The number of hydrogen-bond acceptors (Lipinski definition) is 15. The van der Waals surface area contributed by atoms with E-state index in [1.165, 1.54) is 109 Å². The van der Waals surface area contributed by atoms with E-state index in [1.807, 2.05) is 0 Å². The molecule has 17 nitrogen and oxygen atoms in total. The van der Waals surface area contributed by atoms with Crippen LogP contribution in [0.5, 0.6) is 0 Å². The van der Waals surface area contributed by atoms with Gasteiger partial charge in [0.15, 0.2) is 12.2 Å². The van der Waals surface area contributed by atoms with E-state index in [9.17, 15) is 43.2 Å². The van der Waals surface area contributed by atoms with Crippen molar-refractivity contribution >= 4 is 39.5 Å². The van der Waals surface area contributed by atoms with E-state index in [4.69, 9.17) is 37.0 Å². The van der Waals surface area contributed by atoms with E-state index in [0.29, 0.717) is 31.6 Å². The van der Waals surface area contributed by atoms with Gasteiger partial charge in [0.1, 0.15) is 19.3 Å². The second-order valence-electron chi connectivity index (χ2n) is 23.3. The predicted molar refractivity (Wildman–Crippen MR) is 335 cm³/mol. The maximum atomic E-state index is 13.0. The van der Waals surface area contributed by atoms with Crippen LogP contribution in [0.3, 0.4) is 0 Å². The zero-order valence-electron chi connectivity index (χ0n) is 53.5. The lowest BCUT2D eigenvalue weighted by Crippen LogP contribution is -2.30. The average Bonchev–Trinajstić information content (AvgIpc) is 3.66. The van der Waals surface area contributed by atoms with Crippen molar-refractivity contribution in [2.75, 3.05) is 39.6 Å². The fourth-order valence-electron chi connectivity index (χ4n) is 9.22. The lowest BCUT2D eigenvalue weighted by Gasteiger charge is -2.21. The number of rotatable bonds is 63. The highest BCUT2D eigenvalue weighted by atomic mass is 31.2. The lowest BCUT2D eigenvalue weighted by molar-refractivity contribution is -0.161. The number of allylic oxidation sites excluding steroid dienone is 4. The first-order chi connectivity index (χ1) is 40.5. The van der Waals surface area contributed by atoms with Crippen molar-refractivity contribution in [2.24, 2.45) is 5.92 Å². The quantitative estimate of drug-likeness (QED) is 0.0169. The van der Waals surface area contributed by atoms with Gasteiger partial charge < -0.3 is 33.8 Å². The molecular weight excluding hydrogens is 1110 g/mol. The molecule has 5 atom stereocenters. The SMILES string of the molecule is CCCCCC/C=C\C=C/CCCCCCCC(=O)O[C@H](COC(=O)CCCCCCCCCCCCC)COP(=O)(O)OC[C@@H](O)COP(=O)(O)OC[C@@H](COC(=O)CCCCCCCCCC)OC(=O)CCCCCCCCCC(C)C. The van der Waals surface area contributed by atoms with E-state index >= 15 is 0 Å². The summed E-state index contributed by atoms with van der Waals surface area (Å²) in [5, 5.41) is 10.5. The van der Waals surface area contributed by atoms with Crippen molar-refractivity contribution < 1.29 is 80.2 Å². The number of ether oxygens (including phenoxy) is 4. The van der Waals surface area contributed by atoms with Crippen molar-refractivity contribution in [3.8, 4) is 0 Å². The van der Waals surface area contributed by atoms with E-state index < -0.39 is 97.5 Å². The highest BCUT2D eigenvalue weighted by molar-refractivity contribution is 7.47. The molecule has 0 aromatic heterocycles. The van der Waals surface area contributed by atoms with Gasteiger partial charge in [-0.25, -0.2) is 9.13 Å². The molecule has 0 aromatic rings. The lowest BCUT2D eigenvalue weighted by atomic mass is 10.0. The number of hydrogen-bond donors (Lipinski definition) is 3. The van der Waals surface area contributed by atoms with Gasteiger partial charge in [0.05, 0.1) is 26.4 Å². The van der Waals surface area contributed by atoms with Gasteiger partial charge in [0.25, 0.3) is 0 Å². The van der Waals surface area contributed by atoms with Crippen molar-refractivity contribution in [3.05, 3.63) is 24.3 Å². The van der Waals surface area contributed by atoms with Crippen LogP contribution in [-0.2, 0) is 65.4 Å². The summed E-state index contributed by atoms with van der Waals surface area (Å²) in [4.78, 5) is 72.1. The number of carbonyl (C=O) groups is 4. The Kier molecular flexibility index (Phi) is 56.5. The molecule has 0 heterocycles. The number of aliphatic hydroxyl groups is 1. The molecule has 0 saturated carbocycles. The zero-order chi connectivity index (χ0) is 62.0. The Morgan fingerprint density at radius 2 is 0.643 bits per heavy atom. The molecule has 84 heavy (non-hydrogen) atoms. The first kappa shape index (κ1) is 81.5. The van der Waals surface area contributed by atoms with E-state index in [1.54, 1.807) is 0 Å². The maximum absolute atomic E-state index is 13.0. The molecular formula is C65H122O17P2. The molecule has 494 valence electrons. The summed E-state index contributed by atoms with van der Waals surface area (Å²) in [7, 11) is -9.90. The van der Waals surface area contributed by atoms with Crippen LogP contribution in [0.1, 0.15) is 304 Å². The first-order valence-corrected chi connectivity index (χ1v) is 36.4. The van der Waals surface area contributed by atoms with Gasteiger partial charge in [-0.05, 0) is 57.3 Å². The van der Waals surface area contributed by atoms with Crippen LogP contribution < -0.4 is 0 Å². The van der Waals surface area contributed by atoms with Gasteiger partial charge in [0.2, 0.25) is 0 Å². The largest absolute Gasteiger partial charge is 0.472 e. The maximum Gasteiger partial charge on any atom is 0.472 e. The van der Waals surface area contributed by atoms with Gasteiger partial charge in [0, 0.05) is 25.7 Å². The van der Waals surface area contributed by atoms with Crippen LogP contribution in [0.2, 0.25) is 0 Å². The third-order valence-electron chi connectivity index (χ3n) is 14.4. The summed E-state index contributed by atoms with van der Waals surface area (Å²) in [6, 6.07) is 0. The number of phosphoric acid groups is 2. The Labute approximate surface area is 510 Å². The van der Waals surface area contributed by atoms with Crippen LogP contribution in [0.15, 0.2) is 24.3 Å². The molecule has 0 aliphatic heterocycles. The number of unbranched alkanes of at least 4 members (excludes halogenated alkanes) is 32. The molecule has 0 amide bonds. The van der Waals surface area contributed by atoms with E-state index in [0.717, 1.165) is 109 Å². The second-order valence-corrected chi connectivity index (χ2v) is 26.2. The Hall–Kier alpha value is -2.46. The van der Waals surface area contributed by atoms with Gasteiger partial charge in [-0.15, -0.1) is 0 Å². The predicted octanol–water partition coefficient (Wildman–Crippen LogP) is 17.7. The monoisotopic (exact) mass is 1240 g/mol. The van der Waals surface area contributed by atoms with Crippen LogP contribution in [0.4, 0.5) is 0 Å². The summed E-state index contributed by atoms with van der Waals surface area (Å²) in [5.41, 5.74) is 0. The molecule has 0 rings (SSSR count). The molecule has 0 aromatic carbocycles. The molecule has 0 spiro atoms. The second kappa shape index (κ2) is 58.2. The van der Waals surface area contributed by atoms with Gasteiger partial charge >= 0.3 is 39.5 Å². The number of aliphatic hydroxyl groups excluding tert-OH is 1. The van der Waals surface area contributed by atoms with E-state index in [-0.39, 0.29) is 25.7 Å². The third-order valence-corrected chi connectivity index (χ3v) is 16.3. The summed E-state index contributed by atoms with van der Waals surface area (Å²) in [6.07, 6.45) is 45.4. The minimum atomic E-state index is -4.95. The average molecular weight is 1240 g/mol. The van der Waals surface area contributed by atoms with Crippen LogP contribution in [0.25, 0.3) is 0 Å². The fraction of sp³-hybridized carbons (Fsp3) is 0.877. The standard InChI is InChI=1S/C65H122O17P2/c1-6-9-12-15-18-21-23-24-25-26-28-30-35-40-45-50-64(69)81-60(55-76-63(68)49-44-39-34-29-27-22-19-16-13-10-7-2)56-79-83(71,72)77-52-59(66)53-78-84(73,74)80-57-61(54-75-62(67)48-43-38-33-20-17-14-11-8-3)82-65(70)51-46-41-36-31-32-37-42-47-58(4)5/h21,23-25,58-61,66H,6-20,22,26-57H2,1-5H3,(H,71,72)(H,73,74)/b23-21-,25-24-/t59-,60-,61-/m1/s1. The molecule has 0 radical (unpaired) electrons. The Morgan fingerprint density at radius 1 is 0.369 bits per heavy atom. The molecule has 19 heteroatoms. The molecule has 2 unspecified atom stereocenters. The number of phosphoric ester groups is 2. The Balaban J connectivity index is 5.26. The van der Waals surface area contributed by atoms with Gasteiger partial charge in [-0.2, -0.15) is 0 Å². The van der Waals surface area contributed by atoms with Crippen molar-refractivity contribution in [1.82, 2.24) is 0 Å². The summed E-state index contributed by atoms with van der Waals surface area (Å²) >= 11 is 0. The molecule has 0 fully saturated rings. The van der Waals surface area contributed by atoms with E-state index in [2.05, 4.69) is 58.9 Å². The van der Waals surface area contributed by atoms with Gasteiger partial charge in [-0.3, -0.25) is 37.3 Å². The normalized spacial score (nSPS) is 14.4. The molecule has 0 saturated heterocycles. The fourth-order valence-corrected chi connectivity index (χ4v) is 10.8. The third kappa shape index (κ3) is 58.6. The summed E-state index contributed by atoms with van der Waals surface area (Å²) in [6.45, 7) is 7.04. The van der Waals surface area contributed by atoms with Crippen molar-refractivity contribution in [2.45, 2.75) is 323 Å². The Bertz CT molecular complexity index is 1730. The topological polar surface area (TPSA) is 237 Å². The number of carbonyl (C=O) groups excluding carboxylic acids is 4. The molecule has 3 N–H and O–H groups in total. The highest BCUT2D eigenvalue weighted by Crippen LogP contribution is 2.45. The minimum Gasteiger partial charge on any atom is -0.462 e.